The maximum absolute atomic E-state index is 6.54. The maximum atomic E-state index is 6.54. The van der Waals surface area contributed by atoms with Gasteiger partial charge in [-0.25, -0.2) is 0 Å². The lowest BCUT2D eigenvalue weighted by molar-refractivity contribution is 0.767. The molecule has 0 spiro atoms. The summed E-state index contributed by atoms with van der Waals surface area (Å²) in [5.74, 6) is 0. The van der Waals surface area contributed by atoms with Crippen LogP contribution in [0.3, 0.4) is 0 Å². The molecule has 184 valence electrons. The third-order valence-corrected chi connectivity index (χ3v) is 8.14. The minimum Gasteiger partial charge on any atom is -0.398 e. The van der Waals surface area contributed by atoms with E-state index in [1.807, 2.05) is 24.3 Å². The van der Waals surface area contributed by atoms with Crippen LogP contribution < -0.4 is 5.73 Å². The summed E-state index contributed by atoms with van der Waals surface area (Å²) in [6.45, 7) is 3.90. The first kappa shape index (κ1) is 24.2. The molecule has 0 heterocycles. The average Bonchev–Trinajstić information content (AvgIpc) is 3.24. The van der Waals surface area contributed by atoms with E-state index in [2.05, 4.69) is 132 Å². The quantitative estimate of drug-likeness (QED) is 0.161. The van der Waals surface area contributed by atoms with Gasteiger partial charge in [0.15, 0.2) is 0 Å². The number of fused-ring (bicyclic) bond motifs is 3. The molecule has 0 unspecified atom stereocenters. The van der Waals surface area contributed by atoms with Gasteiger partial charge in [-0.05, 0) is 61.1 Å². The predicted molar refractivity (Wildman–Crippen MR) is 165 cm³/mol. The molecule has 0 aliphatic heterocycles. The molecule has 2 heteroatoms. The van der Waals surface area contributed by atoms with E-state index in [0.29, 0.717) is 0 Å². The highest BCUT2D eigenvalue weighted by atomic mass is 79.9. The van der Waals surface area contributed by atoms with Crippen LogP contribution in [0.25, 0.3) is 22.3 Å². The first-order chi connectivity index (χ1) is 18.6. The first-order valence-corrected chi connectivity index (χ1v) is 13.6. The molecule has 38 heavy (non-hydrogen) atoms. The number of rotatable bonds is 6. The summed E-state index contributed by atoms with van der Waals surface area (Å²) < 4.78 is 1.07. The third-order valence-electron chi connectivity index (χ3n) is 7.59. The molecule has 0 fully saturated rings. The molecule has 0 atom stereocenters. The zero-order valence-corrected chi connectivity index (χ0v) is 22.7. The summed E-state index contributed by atoms with van der Waals surface area (Å²) in [6, 6.07) is 43.6. The standard InChI is InChI=1S/C36H28BrN/c1-2-13-28(37)22-25-23-34-32(24-31(25)30-19-10-12-21-35(30)38)29-18-9-11-20-33(29)36(34,26-14-5-3-6-15-26)27-16-7-4-8-17-27/h2-21,23-24H,1,22,38H2/b28-13+. The molecule has 5 aromatic rings. The van der Waals surface area contributed by atoms with Crippen molar-refractivity contribution in [3.05, 3.63) is 172 Å². The fourth-order valence-corrected chi connectivity index (χ4v) is 6.53. The Bertz CT molecular complexity index is 1630. The molecule has 0 radical (unpaired) electrons. The van der Waals surface area contributed by atoms with Crippen LogP contribution in [-0.4, -0.2) is 0 Å². The van der Waals surface area contributed by atoms with Crippen LogP contribution in [0.15, 0.2) is 145 Å². The van der Waals surface area contributed by atoms with Gasteiger partial charge in [-0.1, -0.05) is 144 Å². The van der Waals surface area contributed by atoms with E-state index in [-0.39, 0.29) is 0 Å². The Morgan fingerprint density at radius 1 is 0.658 bits per heavy atom. The van der Waals surface area contributed by atoms with Crippen molar-refractivity contribution in [2.75, 3.05) is 5.73 Å². The highest BCUT2D eigenvalue weighted by Gasteiger charge is 2.46. The Balaban J connectivity index is 1.75. The predicted octanol–water partition coefficient (Wildman–Crippen LogP) is 9.31. The number of benzene rings is 5. The van der Waals surface area contributed by atoms with Gasteiger partial charge in [0.1, 0.15) is 0 Å². The number of anilines is 1. The van der Waals surface area contributed by atoms with Crippen LogP contribution >= 0.6 is 15.9 Å². The second-order valence-corrected chi connectivity index (χ2v) is 10.7. The Hall–Kier alpha value is -4.14. The minimum atomic E-state index is -0.432. The summed E-state index contributed by atoms with van der Waals surface area (Å²) in [7, 11) is 0. The Labute approximate surface area is 233 Å². The summed E-state index contributed by atoms with van der Waals surface area (Å²) in [4.78, 5) is 0. The lowest BCUT2D eigenvalue weighted by Gasteiger charge is -2.34. The maximum Gasteiger partial charge on any atom is 0.0713 e. The number of allylic oxidation sites excluding steroid dienone is 3. The van der Waals surface area contributed by atoms with Gasteiger partial charge in [0.05, 0.1) is 5.41 Å². The van der Waals surface area contributed by atoms with Crippen LogP contribution in [0.4, 0.5) is 5.69 Å². The van der Waals surface area contributed by atoms with Crippen molar-refractivity contribution >= 4 is 21.6 Å². The van der Waals surface area contributed by atoms with E-state index in [1.54, 1.807) is 0 Å². The summed E-state index contributed by atoms with van der Waals surface area (Å²) in [6.07, 6.45) is 4.57. The molecular weight excluding hydrogens is 526 g/mol. The summed E-state index contributed by atoms with van der Waals surface area (Å²) in [5, 5.41) is 0. The van der Waals surface area contributed by atoms with E-state index >= 15 is 0 Å². The zero-order chi connectivity index (χ0) is 26.1. The van der Waals surface area contributed by atoms with Crippen molar-refractivity contribution < 1.29 is 0 Å². The largest absolute Gasteiger partial charge is 0.398 e. The second kappa shape index (κ2) is 9.96. The van der Waals surface area contributed by atoms with Crippen molar-refractivity contribution in [2.24, 2.45) is 0 Å². The SMILES string of the molecule is C=C/C=C(/Br)Cc1cc2c(cc1-c1ccccc1N)-c1ccccc1C2(c1ccccc1)c1ccccc1. The van der Waals surface area contributed by atoms with Crippen LogP contribution in [0.2, 0.25) is 0 Å². The number of nitrogens with two attached hydrogens (primary N) is 1. The molecule has 0 bridgehead atoms. The molecule has 1 aliphatic carbocycles. The number of halogens is 1. The molecule has 0 saturated heterocycles. The van der Waals surface area contributed by atoms with Crippen LogP contribution in [0.1, 0.15) is 27.8 Å². The lowest BCUT2D eigenvalue weighted by atomic mass is 9.67. The molecule has 0 aromatic heterocycles. The number of hydrogen-bond acceptors (Lipinski definition) is 1. The van der Waals surface area contributed by atoms with Crippen LogP contribution in [0, 0.1) is 0 Å². The van der Waals surface area contributed by atoms with Gasteiger partial charge in [0.25, 0.3) is 0 Å². The van der Waals surface area contributed by atoms with Crippen LogP contribution in [0.5, 0.6) is 0 Å². The highest BCUT2D eigenvalue weighted by molar-refractivity contribution is 9.11. The topological polar surface area (TPSA) is 26.0 Å². The molecular formula is C36H28BrN. The monoisotopic (exact) mass is 553 g/mol. The van der Waals surface area contributed by atoms with Crippen molar-refractivity contribution in [3.8, 4) is 22.3 Å². The van der Waals surface area contributed by atoms with Crippen LogP contribution in [-0.2, 0) is 11.8 Å². The molecule has 6 rings (SSSR count). The van der Waals surface area contributed by atoms with E-state index < -0.39 is 5.41 Å². The van der Waals surface area contributed by atoms with Gasteiger partial charge in [-0.3, -0.25) is 0 Å². The third kappa shape index (κ3) is 3.84. The van der Waals surface area contributed by atoms with Gasteiger partial charge < -0.3 is 5.73 Å². The summed E-state index contributed by atoms with van der Waals surface area (Å²) in [5.41, 5.74) is 17.9. The molecule has 5 aromatic carbocycles. The lowest BCUT2D eigenvalue weighted by Crippen LogP contribution is -2.28. The molecule has 0 amide bonds. The van der Waals surface area contributed by atoms with Gasteiger partial charge in [0.2, 0.25) is 0 Å². The van der Waals surface area contributed by atoms with Crippen molar-refractivity contribution in [3.63, 3.8) is 0 Å². The fraction of sp³-hybridized carbons (Fsp3) is 0.0556. The molecule has 1 nitrogen and oxygen atoms in total. The Kier molecular flexibility index (Phi) is 6.35. The normalized spacial score (nSPS) is 13.6. The zero-order valence-electron chi connectivity index (χ0n) is 21.1. The van der Waals surface area contributed by atoms with Crippen molar-refractivity contribution in [1.82, 2.24) is 0 Å². The fourth-order valence-electron chi connectivity index (χ4n) is 6.04. The Morgan fingerprint density at radius 3 is 1.87 bits per heavy atom. The number of para-hydroxylation sites is 1. The second-order valence-electron chi connectivity index (χ2n) is 9.70. The van der Waals surface area contributed by atoms with E-state index in [0.717, 1.165) is 27.7 Å². The Morgan fingerprint density at radius 2 is 1.24 bits per heavy atom. The highest BCUT2D eigenvalue weighted by Crippen LogP contribution is 2.57. The average molecular weight is 555 g/mol. The van der Waals surface area contributed by atoms with E-state index in [1.165, 1.54) is 38.9 Å². The number of nitrogen functional groups attached to an aromatic ring is 1. The first-order valence-electron chi connectivity index (χ1n) is 12.8. The smallest absolute Gasteiger partial charge is 0.0713 e. The van der Waals surface area contributed by atoms with Gasteiger partial charge >= 0.3 is 0 Å². The minimum absolute atomic E-state index is 0.432. The molecule has 0 saturated carbocycles. The molecule has 1 aliphatic rings. The summed E-state index contributed by atoms with van der Waals surface area (Å²) >= 11 is 3.79. The van der Waals surface area contributed by atoms with Crippen molar-refractivity contribution in [2.45, 2.75) is 11.8 Å². The number of hydrogen-bond donors (Lipinski definition) is 1. The molecule has 2 N–H and O–H groups in total. The van der Waals surface area contributed by atoms with E-state index in [4.69, 9.17) is 5.73 Å². The van der Waals surface area contributed by atoms with Gasteiger partial charge in [-0.2, -0.15) is 0 Å². The van der Waals surface area contributed by atoms with Gasteiger partial charge in [0, 0.05) is 17.7 Å². The van der Waals surface area contributed by atoms with Gasteiger partial charge in [-0.15, -0.1) is 0 Å². The van der Waals surface area contributed by atoms with Crippen molar-refractivity contribution in [1.29, 1.82) is 0 Å². The van der Waals surface area contributed by atoms with E-state index in [9.17, 15) is 0 Å².